The first kappa shape index (κ1) is 22.3. The number of amides is 1. The van der Waals surface area contributed by atoms with Gasteiger partial charge in [0.2, 0.25) is 15.9 Å². The number of aromatic nitrogens is 2. The Morgan fingerprint density at radius 1 is 1.23 bits per heavy atom. The van der Waals surface area contributed by atoms with E-state index in [-0.39, 0.29) is 26.9 Å². The van der Waals surface area contributed by atoms with Gasteiger partial charge >= 0.3 is 0 Å². The highest BCUT2D eigenvalue weighted by atomic mass is 35.5. The van der Waals surface area contributed by atoms with Crippen LogP contribution in [0.3, 0.4) is 0 Å². The van der Waals surface area contributed by atoms with Crippen molar-refractivity contribution in [2.45, 2.75) is 10.1 Å². The highest BCUT2D eigenvalue weighted by Crippen LogP contribution is 2.27. The van der Waals surface area contributed by atoms with Crippen LogP contribution in [0.15, 0.2) is 57.3 Å². The lowest BCUT2D eigenvalue weighted by molar-refractivity contribution is -0.113. The summed E-state index contributed by atoms with van der Waals surface area (Å²) in [5, 5.41) is 3.72. The molecule has 1 N–H and O–H groups in total. The first-order valence-corrected chi connectivity index (χ1v) is 11.5. The SMILES string of the molecule is CN(C)S(=O)(=O)c1ccc(Cl)c(NC(=O)CSc2nc3ccccc3c(=O)n2C)c1. The molecule has 0 unspecified atom stereocenters. The summed E-state index contributed by atoms with van der Waals surface area (Å²) in [4.78, 5) is 29.3. The fraction of sp³-hybridized carbons (Fsp3) is 0.211. The fourth-order valence-electron chi connectivity index (χ4n) is 2.61. The van der Waals surface area contributed by atoms with Crippen LogP contribution in [0.2, 0.25) is 5.02 Å². The third-order valence-electron chi connectivity index (χ3n) is 4.26. The second-order valence-electron chi connectivity index (χ2n) is 6.54. The number of halogens is 1. The number of nitrogens with zero attached hydrogens (tertiary/aromatic N) is 3. The summed E-state index contributed by atoms with van der Waals surface area (Å²) in [6.45, 7) is 0. The Kier molecular flexibility index (Phi) is 6.51. The topological polar surface area (TPSA) is 101 Å². The van der Waals surface area contributed by atoms with Gasteiger partial charge in [-0.05, 0) is 30.3 Å². The molecule has 0 aliphatic rings. The number of carbonyl (C=O) groups is 1. The minimum atomic E-state index is -3.67. The molecule has 0 spiro atoms. The van der Waals surface area contributed by atoms with Crippen LogP contribution in [-0.2, 0) is 21.9 Å². The zero-order valence-electron chi connectivity index (χ0n) is 16.4. The maximum atomic E-state index is 12.4. The van der Waals surface area contributed by atoms with Gasteiger partial charge in [-0.3, -0.25) is 14.2 Å². The number of sulfonamides is 1. The van der Waals surface area contributed by atoms with Crippen LogP contribution < -0.4 is 10.9 Å². The van der Waals surface area contributed by atoms with Gasteiger partial charge in [0.15, 0.2) is 5.16 Å². The molecule has 3 rings (SSSR count). The number of hydrogen-bond donors (Lipinski definition) is 1. The maximum absolute atomic E-state index is 12.4. The van der Waals surface area contributed by atoms with E-state index in [0.717, 1.165) is 16.1 Å². The van der Waals surface area contributed by atoms with Crippen molar-refractivity contribution in [3.05, 3.63) is 57.8 Å². The van der Waals surface area contributed by atoms with Crippen LogP contribution in [0.5, 0.6) is 0 Å². The van der Waals surface area contributed by atoms with Crippen LogP contribution >= 0.6 is 23.4 Å². The second-order valence-corrected chi connectivity index (χ2v) is 10.0. The molecule has 0 bridgehead atoms. The second kappa shape index (κ2) is 8.76. The summed E-state index contributed by atoms with van der Waals surface area (Å²) in [7, 11) is 0.756. The number of para-hydroxylation sites is 1. The molecule has 8 nitrogen and oxygen atoms in total. The van der Waals surface area contributed by atoms with E-state index < -0.39 is 15.9 Å². The van der Waals surface area contributed by atoms with E-state index in [1.165, 1.54) is 36.9 Å². The Balaban J connectivity index is 1.78. The zero-order chi connectivity index (χ0) is 22.1. The maximum Gasteiger partial charge on any atom is 0.261 e. The van der Waals surface area contributed by atoms with Crippen LogP contribution in [0, 0.1) is 0 Å². The molecule has 30 heavy (non-hydrogen) atoms. The number of carbonyl (C=O) groups excluding carboxylic acids is 1. The quantitative estimate of drug-likeness (QED) is 0.442. The Morgan fingerprint density at radius 2 is 1.93 bits per heavy atom. The molecule has 0 radical (unpaired) electrons. The van der Waals surface area contributed by atoms with Crippen LogP contribution in [-0.4, -0.2) is 48.0 Å². The van der Waals surface area contributed by atoms with E-state index in [4.69, 9.17) is 11.6 Å². The van der Waals surface area contributed by atoms with Crippen molar-refractivity contribution in [1.82, 2.24) is 13.9 Å². The minimum absolute atomic E-state index is 0.0124. The lowest BCUT2D eigenvalue weighted by Crippen LogP contribution is -2.23. The highest BCUT2D eigenvalue weighted by Gasteiger charge is 2.19. The number of rotatable bonds is 6. The van der Waals surface area contributed by atoms with Crippen LogP contribution in [0.25, 0.3) is 10.9 Å². The fourth-order valence-corrected chi connectivity index (χ4v) is 4.48. The van der Waals surface area contributed by atoms with Crippen LogP contribution in [0.1, 0.15) is 0 Å². The summed E-state index contributed by atoms with van der Waals surface area (Å²) in [5.41, 5.74) is 0.534. The van der Waals surface area contributed by atoms with Crippen molar-refractivity contribution >= 4 is 55.9 Å². The number of anilines is 1. The third kappa shape index (κ3) is 4.51. The largest absolute Gasteiger partial charge is 0.324 e. The molecule has 158 valence electrons. The van der Waals surface area contributed by atoms with Crippen molar-refractivity contribution in [2.75, 3.05) is 25.2 Å². The summed E-state index contributed by atoms with van der Waals surface area (Å²) >= 11 is 7.20. The van der Waals surface area contributed by atoms with Crippen molar-refractivity contribution in [1.29, 1.82) is 0 Å². The summed E-state index contributed by atoms with van der Waals surface area (Å²) in [5.74, 6) is -0.455. The van der Waals surface area contributed by atoms with E-state index in [0.29, 0.717) is 16.1 Å². The molecular formula is C19H19ClN4O4S2. The first-order valence-electron chi connectivity index (χ1n) is 8.72. The molecule has 0 aliphatic carbocycles. The number of nitrogens with one attached hydrogen (secondary N) is 1. The Hall–Kier alpha value is -2.40. The predicted octanol–water partition coefficient (Wildman–Crippen LogP) is 2.57. The monoisotopic (exact) mass is 466 g/mol. The molecule has 1 heterocycles. The van der Waals surface area contributed by atoms with Gasteiger partial charge in [0, 0.05) is 21.1 Å². The number of thioether (sulfide) groups is 1. The zero-order valence-corrected chi connectivity index (χ0v) is 18.8. The van der Waals surface area contributed by atoms with Gasteiger partial charge in [-0.15, -0.1) is 0 Å². The van der Waals surface area contributed by atoms with Crippen molar-refractivity contribution in [3.63, 3.8) is 0 Å². The van der Waals surface area contributed by atoms with Gasteiger partial charge in [0.05, 0.1) is 32.3 Å². The third-order valence-corrected chi connectivity index (χ3v) is 7.44. The average Bonchev–Trinajstić information content (AvgIpc) is 2.71. The van der Waals surface area contributed by atoms with Crippen molar-refractivity contribution < 1.29 is 13.2 Å². The molecule has 11 heteroatoms. The van der Waals surface area contributed by atoms with Gasteiger partial charge in [0.25, 0.3) is 5.56 Å². The van der Waals surface area contributed by atoms with E-state index in [2.05, 4.69) is 10.3 Å². The van der Waals surface area contributed by atoms with E-state index in [1.807, 2.05) is 0 Å². The molecule has 0 fully saturated rings. The smallest absolute Gasteiger partial charge is 0.261 e. The Morgan fingerprint density at radius 3 is 2.63 bits per heavy atom. The van der Waals surface area contributed by atoms with Gasteiger partial charge in [-0.1, -0.05) is 35.5 Å². The molecular weight excluding hydrogens is 448 g/mol. The molecule has 3 aromatic rings. The van der Waals surface area contributed by atoms with E-state index >= 15 is 0 Å². The Labute approximate surface area is 182 Å². The molecule has 1 amide bonds. The van der Waals surface area contributed by atoms with Crippen LogP contribution in [0.4, 0.5) is 5.69 Å². The highest BCUT2D eigenvalue weighted by molar-refractivity contribution is 7.99. The lowest BCUT2D eigenvalue weighted by Gasteiger charge is -2.14. The van der Waals surface area contributed by atoms with Crippen molar-refractivity contribution in [2.24, 2.45) is 7.05 Å². The van der Waals surface area contributed by atoms with Gasteiger partial charge in [0.1, 0.15) is 0 Å². The molecule has 2 aromatic carbocycles. The minimum Gasteiger partial charge on any atom is -0.324 e. The van der Waals surface area contributed by atoms with Crippen molar-refractivity contribution in [3.8, 4) is 0 Å². The Bertz CT molecular complexity index is 1290. The van der Waals surface area contributed by atoms with Gasteiger partial charge < -0.3 is 5.32 Å². The number of benzene rings is 2. The molecule has 0 aliphatic heterocycles. The lowest BCUT2D eigenvalue weighted by atomic mass is 10.2. The molecule has 1 aromatic heterocycles. The summed E-state index contributed by atoms with van der Waals surface area (Å²) in [6.07, 6.45) is 0. The van der Waals surface area contributed by atoms with Gasteiger partial charge in [-0.25, -0.2) is 17.7 Å². The molecule has 0 atom stereocenters. The number of fused-ring (bicyclic) bond motifs is 1. The first-order chi connectivity index (χ1) is 14.1. The average molecular weight is 467 g/mol. The standard InChI is InChI=1S/C19H19ClN4O4S2/c1-23(2)30(27,28)12-8-9-14(20)16(10-12)21-17(25)11-29-19-22-15-7-5-4-6-13(15)18(26)24(19)3/h4-10H,11H2,1-3H3,(H,21,25). The number of hydrogen-bond acceptors (Lipinski definition) is 6. The molecule has 0 saturated carbocycles. The normalized spacial score (nSPS) is 11.8. The van der Waals surface area contributed by atoms with E-state index in [9.17, 15) is 18.0 Å². The van der Waals surface area contributed by atoms with E-state index in [1.54, 1.807) is 31.3 Å². The summed E-state index contributed by atoms with van der Waals surface area (Å²) in [6, 6.07) is 11.1. The summed E-state index contributed by atoms with van der Waals surface area (Å²) < 4.78 is 27.0. The molecule has 0 saturated heterocycles. The van der Waals surface area contributed by atoms with Gasteiger partial charge in [-0.2, -0.15) is 0 Å². The predicted molar refractivity (Wildman–Crippen MR) is 119 cm³/mol.